The molecule has 0 spiro atoms. The molecular formula is C31H30N4O5. The van der Waals surface area contributed by atoms with E-state index in [2.05, 4.69) is 20.6 Å². The number of rotatable bonds is 10. The van der Waals surface area contributed by atoms with Crippen LogP contribution in [0, 0.1) is 12.3 Å². The van der Waals surface area contributed by atoms with Gasteiger partial charge in [-0.3, -0.25) is 4.79 Å². The number of ether oxygens (including phenoxy) is 3. The molecule has 4 aromatic rings. The van der Waals surface area contributed by atoms with Gasteiger partial charge >= 0.3 is 18.0 Å². The van der Waals surface area contributed by atoms with Crippen molar-refractivity contribution >= 4 is 23.4 Å². The molecule has 0 saturated heterocycles. The first-order chi connectivity index (χ1) is 19.4. The maximum absolute atomic E-state index is 12.6. The molecule has 5 rings (SSSR count). The predicted molar refractivity (Wildman–Crippen MR) is 151 cm³/mol. The van der Waals surface area contributed by atoms with E-state index in [0.717, 1.165) is 35.1 Å². The summed E-state index contributed by atoms with van der Waals surface area (Å²) in [6.07, 6.45) is 4.76. The Morgan fingerprint density at radius 2 is 1.62 bits per heavy atom. The lowest BCUT2D eigenvalue weighted by Gasteiger charge is -2.15. The van der Waals surface area contributed by atoms with Crippen LogP contribution in [0.25, 0.3) is 11.1 Å². The molecule has 1 aliphatic rings. The second-order valence-electron chi connectivity index (χ2n) is 9.75. The Kier molecular flexibility index (Phi) is 7.91. The molecule has 9 nitrogen and oxygen atoms in total. The van der Waals surface area contributed by atoms with Gasteiger partial charge in [0.2, 0.25) is 0 Å². The number of hydrogen-bond acceptors (Lipinski definition) is 7. The van der Waals surface area contributed by atoms with Gasteiger partial charge in [0.1, 0.15) is 24.4 Å². The summed E-state index contributed by atoms with van der Waals surface area (Å²) in [7, 11) is 1.56. The third kappa shape index (κ3) is 6.55. The van der Waals surface area contributed by atoms with Crippen LogP contribution in [0.5, 0.6) is 11.8 Å². The highest BCUT2D eigenvalue weighted by molar-refractivity contribution is 6.00. The van der Waals surface area contributed by atoms with Gasteiger partial charge in [-0.15, -0.1) is 0 Å². The Hall–Kier alpha value is -4.92. The van der Waals surface area contributed by atoms with Crippen LogP contribution >= 0.6 is 0 Å². The minimum atomic E-state index is -0.629. The van der Waals surface area contributed by atoms with Crippen LogP contribution < -0.4 is 20.1 Å². The lowest BCUT2D eigenvalue weighted by molar-refractivity contribution is -0.152. The number of nitrogens with zero attached hydrogens (tertiary/aromatic N) is 2. The van der Waals surface area contributed by atoms with Gasteiger partial charge in [0.05, 0.1) is 12.8 Å². The zero-order chi connectivity index (χ0) is 28.0. The molecule has 0 bridgehead atoms. The van der Waals surface area contributed by atoms with E-state index in [1.165, 1.54) is 0 Å². The Morgan fingerprint density at radius 3 is 2.30 bits per heavy atom. The molecule has 3 aromatic carbocycles. The van der Waals surface area contributed by atoms with Crippen molar-refractivity contribution in [3.05, 3.63) is 96.3 Å². The molecule has 0 unspecified atom stereocenters. The quantitative estimate of drug-likeness (QED) is 0.238. The lowest BCUT2D eigenvalue weighted by atomic mass is 10.1. The third-order valence-electron chi connectivity index (χ3n) is 6.68. The predicted octanol–water partition coefficient (Wildman–Crippen LogP) is 6.01. The van der Waals surface area contributed by atoms with E-state index in [4.69, 9.17) is 14.2 Å². The molecule has 1 fully saturated rings. The Morgan fingerprint density at radius 1 is 0.900 bits per heavy atom. The fourth-order valence-corrected chi connectivity index (χ4v) is 4.13. The summed E-state index contributed by atoms with van der Waals surface area (Å²) in [5.74, 6) is 0.326. The highest BCUT2D eigenvalue weighted by Crippen LogP contribution is 2.47. The molecule has 2 amide bonds. The molecule has 1 aromatic heterocycles. The van der Waals surface area contributed by atoms with Crippen LogP contribution in [-0.2, 0) is 16.1 Å². The maximum Gasteiger partial charge on any atom is 0.323 e. The van der Waals surface area contributed by atoms with E-state index >= 15 is 0 Å². The van der Waals surface area contributed by atoms with E-state index in [1.807, 2.05) is 67.6 Å². The molecule has 9 heteroatoms. The van der Waals surface area contributed by atoms with Crippen molar-refractivity contribution in [1.82, 2.24) is 9.97 Å². The number of aromatic nitrogens is 2. The average molecular weight is 539 g/mol. The van der Waals surface area contributed by atoms with Gasteiger partial charge in [-0.25, -0.2) is 14.8 Å². The summed E-state index contributed by atoms with van der Waals surface area (Å²) in [4.78, 5) is 33.7. The number of anilines is 2. The summed E-state index contributed by atoms with van der Waals surface area (Å²) in [6.45, 7) is 2.36. The van der Waals surface area contributed by atoms with E-state index in [-0.39, 0.29) is 31.2 Å². The topological polar surface area (TPSA) is 112 Å². The number of carbonyl (C=O) groups is 2. The molecule has 1 aliphatic carbocycles. The number of aryl methyl sites for hydroxylation is 1. The number of amides is 2. The lowest BCUT2D eigenvalue weighted by Crippen LogP contribution is -2.26. The van der Waals surface area contributed by atoms with Crippen molar-refractivity contribution < 1.29 is 23.8 Å². The first-order valence-electron chi connectivity index (χ1n) is 12.9. The molecule has 204 valence electrons. The Bertz CT molecular complexity index is 1470. The fourth-order valence-electron chi connectivity index (χ4n) is 4.13. The number of methoxy groups -OCH3 is 1. The Balaban J connectivity index is 1.12. The zero-order valence-corrected chi connectivity index (χ0v) is 22.3. The number of hydrogen-bond donors (Lipinski definition) is 2. The molecule has 0 aliphatic heterocycles. The van der Waals surface area contributed by atoms with Crippen molar-refractivity contribution in [3.63, 3.8) is 0 Å². The molecule has 1 heterocycles. The number of nitrogens with one attached hydrogen (secondary N) is 2. The van der Waals surface area contributed by atoms with Crippen LogP contribution in [0.1, 0.15) is 24.0 Å². The average Bonchev–Trinajstić information content (AvgIpc) is 3.77. The monoisotopic (exact) mass is 538 g/mol. The van der Waals surface area contributed by atoms with Crippen molar-refractivity contribution in [2.75, 3.05) is 24.4 Å². The van der Waals surface area contributed by atoms with Crippen LogP contribution in [0.4, 0.5) is 16.2 Å². The number of benzene rings is 3. The molecule has 40 heavy (non-hydrogen) atoms. The van der Waals surface area contributed by atoms with Crippen molar-refractivity contribution in [2.24, 2.45) is 5.41 Å². The fraction of sp³-hybridized carbons (Fsp3) is 0.226. The zero-order valence-electron chi connectivity index (χ0n) is 22.3. The SMILES string of the molecule is COc1ccc(C)cc1NC(=O)Nc1ccc(-c2cnc(OCC3(C(=O)OCc4ccccc4)CC3)nc2)cc1. The smallest absolute Gasteiger partial charge is 0.323 e. The van der Waals surface area contributed by atoms with Gasteiger partial charge < -0.3 is 24.8 Å². The molecule has 2 N–H and O–H groups in total. The van der Waals surface area contributed by atoms with Gasteiger partial charge in [0.25, 0.3) is 0 Å². The van der Waals surface area contributed by atoms with Gasteiger partial charge in [-0.05, 0) is 60.7 Å². The standard InChI is InChI=1S/C31H30N4O5/c1-21-8-13-27(38-2)26(16-21)35-29(37)34-25-11-9-23(10-12-25)24-17-32-30(33-18-24)40-20-31(14-15-31)28(36)39-19-22-6-4-3-5-7-22/h3-13,16-18H,14-15,19-20H2,1-2H3,(H2,34,35,37). The van der Waals surface area contributed by atoms with Crippen LogP contribution in [-0.4, -0.2) is 35.7 Å². The highest BCUT2D eigenvalue weighted by atomic mass is 16.5. The van der Waals surface area contributed by atoms with Gasteiger partial charge in [0.15, 0.2) is 0 Å². The highest BCUT2D eigenvalue weighted by Gasteiger charge is 2.52. The number of carbonyl (C=O) groups excluding carboxylic acids is 2. The third-order valence-corrected chi connectivity index (χ3v) is 6.68. The summed E-state index contributed by atoms with van der Waals surface area (Å²) in [6, 6.07) is 22.3. The van der Waals surface area contributed by atoms with E-state index in [1.54, 1.807) is 31.6 Å². The minimum Gasteiger partial charge on any atom is -0.495 e. The summed E-state index contributed by atoms with van der Waals surface area (Å²) in [5, 5.41) is 5.63. The number of urea groups is 1. The van der Waals surface area contributed by atoms with Crippen LogP contribution in [0.3, 0.4) is 0 Å². The molecular weight excluding hydrogens is 508 g/mol. The molecule has 1 saturated carbocycles. The summed E-state index contributed by atoms with van der Waals surface area (Å²) < 4.78 is 16.6. The maximum atomic E-state index is 12.6. The van der Waals surface area contributed by atoms with Crippen molar-refractivity contribution in [3.8, 4) is 22.9 Å². The number of esters is 1. The second kappa shape index (κ2) is 11.9. The van der Waals surface area contributed by atoms with Crippen molar-refractivity contribution in [2.45, 2.75) is 26.4 Å². The minimum absolute atomic E-state index is 0.177. The summed E-state index contributed by atoms with van der Waals surface area (Å²) >= 11 is 0. The van der Waals surface area contributed by atoms with E-state index in [9.17, 15) is 9.59 Å². The van der Waals surface area contributed by atoms with Gasteiger partial charge in [-0.2, -0.15) is 0 Å². The van der Waals surface area contributed by atoms with Gasteiger partial charge in [-0.1, -0.05) is 48.5 Å². The van der Waals surface area contributed by atoms with Crippen molar-refractivity contribution in [1.29, 1.82) is 0 Å². The van der Waals surface area contributed by atoms with E-state index in [0.29, 0.717) is 17.1 Å². The molecule has 0 atom stereocenters. The summed E-state index contributed by atoms with van der Waals surface area (Å²) in [5.41, 5.74) is 4.21. The van der Waals surface area contributed by atoms with Crippen LogP contribution in [0.2, 0.25) is 0 Å². The van der Waals surface area contributed by atoms with Crippen LogP contribution in [0.15, 0.2) is 85.2 Å². The van der Waals surface area contributed by atoms with Gasteiger partial charge in [0, 0.05) is 23.6 Å². The Labute approximate surface area is 232 Å². The molecule has 0 radical (unpaired) electrons. The first-order valence-corrected chi connectivity index (χ1v) is 12.9. The normalized spacial score (nSPS) is 13.2. The van der Waals surface area contributed by atoms with E-state index < -0.39 is 5.41 Å². The first kappa shape index (κ1) is 26.7. The second-order valence-corrected chi connectivity index (χ2v) is 9.75. The largest absolute Gasteiger partial charge is 0.495 e.